The second-order valence-corrected chi connectivity index (χ2v) is 10.1. The molecule has 0 aromatic heterocycles. The van der Waals surface area contributed by atoms with Crippen molar-refractivity contribution in [2.45, 2.75) is 89.9 Å². The monoisotopic (exact) mass is 322 g/mol. The van der Waals surface area contributed by atoms with Gasteiger partial charge in [0.2, 0.25) is 0 Å². The van der Waals surface area contributed by atoms with Gasteiger partial charge in [-0.15, -0.1) is 0 Å². The maximum atomic E-state index is 10.9. The van der Waals surface area contributed by atoms with Crippen LogP contribution in [0.25, 0.3) is 0 Å². The van der Waals surface area contributed by atoms with Crippen molar-refractivity contribution in [1.82, 2.24) is 0 Å². The van der Waals surface area contributed by atoms with Crippen LogP contribution in [0, 0.1) is 34.5 Å². The van der Waals surface area contributed by atoms with E-state index in [0.29, 0.717) is 23.7 Å². The van der Waals surface area contributed by atoms with Gasteiger partial charge in [0, 0.05) is 5.41 Å². The van der Waals surface area contributed by atoms with Crippen LogP contribution >= 0.6 is 0 Å². The van der Waals surface area contributed by atoms with E-state index in [1.54, 1.807) is 0 Å². The Labute approximate surface area is 140 Å². The summed E-state index contributed by atoms with van der Waals surface area (Å²) in [7, 11) is 0. The second-order valence-electron chi connectivity index (χ2n) is 10.1. The lowest BCUT2D eigenvalue weighted by Gasteiger charge is -2.62. The smallest absolute Gasteiger partial charge is 0.0624 e. The van der Waals surface area contributed by atoms with Gasteiger partial charge in [0.15, 0.2) is 0 Å². The fourth-order valence-electron chi connectivity index (χ4n) is 7.38. The lowest BCUT2D eigenvalue weighted by atomic mass is 9.44. The van der Waals surface area contributed by atoms with Crippen LogP contribution < -0.4 is 0 Å². The van der Waals surface area contributed by atoms with Crippen molar-refractivity contribution < 1.29 is 15.3 Å². The van der Waals surface area contributed by atoms with Crippen LogP contribution in [0.15, 0.2) is 0 Å². The van der Waals surface area contributed by atoms with Crippen LogP contribution in [0.3, 0.4) is 0 Å². The number of rotatable bonds is 0. The van der Waals surface area contributed by atoms with Gasteiger partial charge < -0.3 is 15.3 Å². The van der Waals surface area contributed by atoms with Gasteiger partial charge >= 0.3 is 0 Å². The first-order valence-electron chi connectivity index (χ1n) is 9.77. The van der Waals surface area contributed by atoms with Gasteiger partial charge in [-0.25, -0.2) is 0 Å². The molecule has 23 heavy (non-hydrogen) atoms. The molecule has 3 N–H and O–H groups in total. The summed E-state index contributed by atoms with van der Waals surface area (Å²) in [6.07, 6.45) is 7.43. The third kappa shape index (κ3) is 2.12. The van der Waals surface area contributed by atoms with E-state index in [0.717, 1.165) is 38.5 Å². The highest BCUT2D eigenvalue weighted by Gasteiger charge is 2.63. The molecule has 1 unspecified atom stereocenters. The molecule has 4 fully saturated rings. The van der Waals surface area contributed by atoms with Gasteiger partial charge in [0.05, 0.1) is 17.8 Å². The summed E-state index contributed by atoms with van der Waals surface area (Å²) in [5.41, 5.74) is -0.520. The number of aliphatic hydroxyl groups excluding tert-OH is 2. The molecule has 4 aliphatic carbocycles. The number of aliphatic hydroxyl groups is 3. The van der Waals surface area contributed by atoms with Gasteiger partial charge in [-0.1, -0.05) is 13.8 Å². The van der Waals surface area contributed by atoms with E-state index >= 15 is 0 Å². The molecule has 9 atom stereocenters. The molecule has 0 radical (unpaired) electrons. The Morgan fingerprint density at radius 3 is 2.30 bits per heavy atom. The average Bonchev–Trinajstić information content (AvgIpc) is 2.79. The zero-order chi connectivity index (χ0) is 16.6. The Balaban J connectivity index is 1.66. The first-order valence-corrected chi connectivity index (χ1v) is 9.77. The zero-order valence-corrected chi connectivity index (χ0v) is 15.0. The van der Waals surface area contributed by atoms with Crippen LogP contribution in [0.5, 0.6) is 0 Å². The lowest BCUT2D eigenvalue weighted by molar-refractivity contribution is -0.188. The van der Waals surface area contributed by atoms with Crippen molar-refractivity contribution in [3.63, 3.8) is 0 Å². The van der Waals surface area contributed by atoms with Crippen LogP contribution in [0.2, 0.25) is 0 Å². The molecule has 0 bridgehead atoms. The topological polar surface area (TPSA) is 60.7 Å². The minimum Gasteiger partial charge on any atom is -0.392 e. The van der Waals surface area contributed by atoms with Crippen molar-refractivity contribution in [3.8, 4) is 0 Å². The molecule has 4 rings (SSSR count). The molecule has 4 aliphatic rings. The normalized spacial score (nSPS) is 62.3. The standard InChI is InChI=1S/C20H34O3/c1-18(23)8-9-19(2)12(11-18)4-5-13-14-6-7-16(21)20(14,3)17(22)10-15(13)19/h12-17,21-23H,4-11H2,1-3H3/t12-,13-,14-,15-,16?,17+,18+,19-,20-/m0/s1. The summed E-state index contributed by atoms with van der Waals surface area (Å²) in [6, 6.07) is 0. The molecule has 0 aromatic rings. The predicted molar refractivity (Wildman–Crippen MR) is 89.7 cm³/mol. The Morgan fingerprint density at radius 1 is 0.826 bits per heavy atom. The largest absolute Gasteiger partial charge is 0.392 e. The van der Waals surface area contributed by atoms with Gasteiger partial charge in [-0.05, 0) is 87.4 Å². The summed E-state index contributed by atoms with van der Waals surface area (Å²) >= 11 is 0. The van der Waals surface area contributed by atoms with E-state index in [2.05, 4.69) is 13.8 Å². The SMILES string of the molecule is C[C@@]1(O)CC[C@@]2(C)[C@@H](CC[C@@H]3[C@@H]2C[C@@H](O)[C@]2(C)C(O)CC[C@@H]32)C1. The van der Waals surface area contributed by atoms with Crippen molar-refractivity contribution in [1.29, 1.82) is 0 Å². The summed E-state index contributed by atoms with van der Waals surface area (Å²) in [6.45, 7) is 6.57. The fourth-order valence-corrected chi connectivity index (χ4v) is 7.38. The molecule has 0 amide bonds. The maximum absolute atomic E-state index is 10.9. The molecule has 0 saturated heterocycles. The Kier molecular flexibility index (Phi) is 3.52. The van der Waals surface area contributed by atoms with E-state index in [-0.39, 0.29) is 23.0 Å². The quantitative estimate of drug-likeness (QED) is 0.642. The first kappa shape index (κ1) is 16.4. The van der Waals surface area contributed by atoms with Crippen LogP contribution in [-0.2, 0) is 0 Å². The van der Waals surface area contributed by atoms with E-state index < -0.39 is 5.60 Å². The van der Waals surface area contributed by atoms with E-state index in [1.165, 1.54) is 12.8 Å². The van der Waals surface area contributed by atoms with Gasteiger partial charge in [0.25, 0.3) is 0 Å². The van der Waals surface area contributed by atoms with Gasteiger partial charge in [-0.3, -0.25) is 0 Å². The third-order valence-corrected chi connectivity index (χ3v) is 9.01. The van der Waals surface area contributed by atoms with E-state index in [9.17, 15) is 15.3 Å². The molecule has 4 saturated carbocycles. The minimum absolute atomic E-state index is 0.265. The summed E-state index contributed by atoms with van der Waals surface area (Å²) in [5.74, 6) is 2.29. The highest BCUT2D eigenvalue weighted by Crippen LogP contribution is 2.66. The molecular formula is C20H34O3. The fraction of sp³-hybridized carbons (Fsp3) is 1.00. The van der Waals surface area contributed by atoms with Crippen molar-refractivity contribution in [2.75, 3.05) is 0 Å². The molecular weight excluding hydrogens is 288 g/mol. The molecule has 0 spiro atoms. The lowest BCUT2D eigenvalue weighted by Crippen LogP contribution is -2.59. The highest BCUT2D eigenvalue weighted by molar-refractivity contribution is 5.12. The van der Waals surface area contributed by atoms with Crippen LogP contribution in [-0.4, -0.2) is 33.1 Å². The highest BCUT2D eigenvalue weighted by atomic mass is 16.3. The number of fused-ring (bicyclic) bond motifs is 5. The summed E-state index contributed by atoms with van der Waals surface area (Å²) < 4.78 is 0. The third-order valence-electron chi connectivity index (χ3n) is 9.01. The Bertz CT molecular complexity index is 489. The van der Waals surface area contributed by atoms with Crippen molar-refractivity contribution in [3.05, 3.63) is 0 Å². The van der Waals surface area contributed by atoms with E-state index in [4.69, 9.17) is 0 Å². The molecule has 0 aromatic carbocycles. The molecule has 0 aliphatic heterocycles. The minimum atomic E-state index is -0.498. The van der Waals surface area contributed by atoms with E-state index in [1.807, 2.05) is 6.92 Å². The molecule has 132 valence electrons. The number of hydrogen-bond donors (Lipinski definition) is 3. The average molecular weight is 322 g/mol. The van der Waals surface area contributed by atoms with Crippen LogP contribution in [0.1, 0.15) is 72.1 Å². The second kappa shape index (κ2) is 4.95. The molecule has 3 nitrogen and oxygen atoms in total. The van der Waals surface area contributed by atoms with Crippen molar-refractivity contribution in [2.24, 2.45) is 34.5 Å². The van der Waals surface area contributed by atoms with Crippen molar-refractivity contribution >= 4 is 0 Å². The first-order chi connectivity index (χ1) is 10.7. The maximum Gasteiger partial charge on any atom is 0.0624 e. The Hall–Kier alpha value is -0.120. The summed E-state index contributed by atoms with van der Waals surface area (Å²) in [4.78, 5) is 0. The predicted octanol–water partition coefficient (Wildman–Crippen LogP) is 3.11. The number of hydrogen-bond acceptors (Lipinski definition) is 3. The van der Waals surface area contributed by atoms with Gasteiger partial charge in [-0.2, -0.15) is 0 Å². The zero-order valence-electron chi connectivity index (χ0n) is 15.0. The Morgan fingerprint density at radius 2 is 1.57 bits per heavy atom. The van der Waals surface area contributed by atoms with Gasteiger partial charge in [0.1, 0.15) is 0 Å². The van der Waals surface area contributed by atoms with Crippen LogP contribution in [0.4, 0.5) is 0 Å². The molecule has 0 heterocycles. The summed E-state index contributed by atoms with van der Waals surface area (Å²) in [5, 5.41) is 32.0. The molecule has 3 heteroatoms.